The van der Waals surface area contributed by atoms with E-state index in [0.29, 0.717) is 13.0 Å². The summed E-state index contributed by atoms with van der Waals surface area (Å²) in [6, 6.07) is 1.27. The van der Waals surface area contributed by atoms with Gasteiger partial charge in [-0.2, -0.15) is 9.29 Å². The zero-order chi connectivity index (χ0) is 46.2. The zero-order valence-corrected chi connectivity index (χ0v) is 40.2. The number of nitrogens with two attached hydrogens (primary N) is 1. The topological polar surface area (TPSA) is 248 Å². The van der Waals surface area contributed by atoms with E-state index in [2.05, 4.69) is 23.1 Å². The zero-order valence-electron chi connectivity index (χ0n) is 38.4. The molecule has 0 bridgehead atoms. The number of esters is 1. The smallest absolute Gasteiger partial charge is 0.457 e. The van der Waals surface area contributed by atoms with Crippen LogP contribution >= 0.6 is 15.6 Å². The number of nitrogens with zero attached hydrogens (tertiary/aromatic N) is 2. The molecular weight excluding hydrogens is 856 g/mol. The predicted octanol–water partition coefficient (Wildman–Crippen LogP) is 9.59. The van der Waals surface area contributed by atoms with E-state index in [9.17, 15) is 38.7 Å². The van der Waals surface area contributed by atoms with E-state index in [1.807, 2.05) is 0 Å². The number of anilines is 1. The molecule has 7 atom stereocenters. The molecule has 0 aliphatic carbocycles. The Balaban J connectivity index is 1.77. The molecule has 0 aromatic carbocycles. The molecule has 19 heteroatoms. The van der Waals surface area contributed by atoms with E-state index in [1.165, 1.54) is 134 Å². The number of rotatable bonds is 41. The fourth-order valence-electron chi connectivity index (χ4n) is 7.50. The van der Waals surface area contributed by atoms with Gasteiger partial charge in [0.15, 0.2) is 6.23 Å². The van der Waals surface area contributed by atoms with Gasteiger partial charge in [0.1, 0.15) is 30.2 Å². The van der Waals surface area contributed by atoms with Crippen molar-refractivity contribution >= 4 is 27.4 Å². The normalized spacial score (nSPS) is 20.1. The Hall–Kier alpha value is -1.75. The van der Waals surface area contributed by atoms with Crippen molar-refractivity contribution in [2.24, 2.45) is 0 Å². The summed E-state index contributed by atoms with van der Waals surface area (Å²) in [4.78, 5) is 49.2. The van der Waals surface area contributed by atoms with Crippen LogP contribution in [0.1, 0.15) is 200 Å². The fourth-order valence-corrected chi connectivity index (χ4v) is 9.61. The second-order valence-corrected chi connectivity index (χ2v) is 20.0. The summed E-state index contributed by atoms with van der Waals surface area (Å²) in [5.74, 6) is -0.607. The van der Waals surface area contributed by atoms with E-state index in [4.69, 9.17) is 29.0 Å². The number of carbonyl (C=O) groups is 1. The third-order valence-corrected chi connectivity index (χ3v) is 13.8. The van der Waals surface area contributed by atoms with E-state index < -0.39 is 71.2 Å². The number of phosphoric acid groups is 2. The molecule has 0 saturated carbocycles. The van der Waals surface area contributed by atoms with Crippen LogP contribution in [0.15, 0.2) is 17.1 Å². The highest BCUT2D eigenvalue weighted by Crippen LogP contribution is 2.60. The molecule has 1 saturated heterocycles. The maximum Gasteiger partial charge on any atom is 0.481 e. The van der Waals surface area contributed by atoms with Crippen LogP contribution in [0.25, 0.3) is 0 Å². The minimum Gasteiger partial charge on any atom is -0.457 e. The number of phosphoric ester groups is 2. The van der Waals surface area contributed by atoms with Gasteiger partial charge in [0.05, 0.1) is 19.8 Å². The molecule has 368 valence electrons. The first-order valence-corrected chi connectivity index (χ1v) is 27.1. The molecule has 63 heavy (non-hydrogen) atoms. The largest absolute Gasteiger partial charge is 0.481 e. The number of hydrogen-bond donors (Lipinski definition) is 5. The van der Waals surface area contributed by atoms with Crippen molar-refractivity contribution in [3.8, 4) is 0 Å². The standard InChI is InChI=1S/C44H83N3O14P2/c1-3-5-7-9-11-13-15-17-19-21-23-25-27-29-33-56-34-37(59-40(48)30-28-26-24-22-20-18-16-14-12-10-8-6-4-2)35-57-62(52,53)61-63(54,55)58-36-38-41(49)42(50)43(60-38)47-32-31-39(45)46-44(47)51/h31-32,37-38,41-43,49-50H,3-30,33-36H2,1-2H3,(H,52,53)(H,54,55)(H2,45,46,51)/t37-,38-,41-,42+,43-/m1/s1. The molecule has 1 aliphatic heterocycles. The SMILES string of the molecule is CCCCCCCCCCCCCCCCOC[C@H](COP(=O)(O)OP(=O)(O)OC[C@H]1O[C@@H](n2ccc(N)nc2=O)[C@@H](O)[C@@H]1O)OC(=O)CCCCCCCCCCCCCCC. The third kappa shape index (κ3) is 27.5. The first-order chi connectivity index (χ1) is 30.3. The lowest BCUT2D eigenvalue weighted by Crippen LogP contribution is -2.36. The molecule has 1 aliphatic rings. The van der Waals surface area contributed by atoms with E-state index in [0.717, 1.165) is 49.5 Å². The number of hydrogen-bond acceptors (Lipinski definition) is 14. The second kappa shape index (κ2) is 34.5. The van der Waals surface area contributed by atoms with Crippen molar-refractivity contribution in [2.45, 2.75) is 224 Å². The van der Waals surface area contributed by atoms with Crippen LogP contribution in [-0.4, -0.2) is 86.4 Å². The van der Waals surface area contributed by atoms with Crippen LogP contribution in [0, 0.1) is 0 Å². The molecule has 1 aromatic heterocycles. The lowest BCUT2D eigenvalue weighted by atomic mass is 10.0. The van der Waals surface area contributed by atoms with Crippen molar-refractivity contribution < 1.29 is 61.5 Å². The minimum atomic E-state index is -5.35. The molecule has 0 radical (unpaired) electrons. The molecule has 2 heterocycles. The van der Waals surface area contributed by atoms with Crippen LogP contribution in [0.4, 0.5) is 5.82 Å². The highest BCUT2D eigenvalue weighted by molar-refractivity contribution is 7.61. The average Bonchev–Trinajstić information content (AvgIpc) is 3.51. The van der Waals surface area contributed by atoms with E-state index in [-0.39, 0.29) is 18.8 Å². The Kier molecular flexibility index (Phi) is 31.5. The molecule has 6 N–H and O–H groups in total. The van der Waals surface area contributed by atoms with Crippen LogP contribution < -0.4 is 11.4 Å². The quantitative estimate of drug-likeness (QED) is 0.0233. The Morgan fingerprint density at radius 3 is 1.67 bits per heavy atom. The Bertz CT molecular complexity index is 1490. The summed E-state index contributed by atoms with van der Waals surface area (Å²) >= 11 is 0. The lowest BCUT2D eigenvalue weighted by molar-refractivity contribution is -0.154. The van der Waals surface area contributed by atoms with Crippen molar-refractivity contribution in [1.29, 1.82) is 0 Å². The Labute approximate surface area is 376 Å². The number of aliphatic hydroxyl groups is 2. The maximum absolute atomic E-state index is 12.8. The van der Waals surface area contributed by atoms with Gasteiger partial charge in [0.2, 0.25) is 0 Å². The molecule has 0 spiro atoms. The molecule has 1 aromatic rings. The molecule has 2 unspecified atom stereocenters. The van der Waals surface area contributed by atoms with Crippen LogP contribution in [-0.2, 0) is 41.5 Å². The highest BCUT2D eigenvalue weighted by atomic mass is 31.3. The van der Waals surface area contributed by atoms with Gasteiger partial charge in [-0.25, -0.2) is 13.9 Å². The van der Waals surface area contributed by atoms with Gasteiger partial charge >= 0.3 is 27.3 Å². The number of aromatic nitrogens is 2. The van der Waals surface area contributed by atoms with Gasteiger partial charge in [-0.15, -0.1) is 0 Å². The van der Waals surface area contributed by atoms with E-state index >= 15 is 0 Å². The Morgan fingerprint density at radius 1 is 0.714 bits per heavy atom. The van der Waals surface area contributed by atoms with Gasteiger partial charge in [0, 0.05) is 19.2 Å². The van der Waals surface area contributed by atoms with Crippen LogP contribution in [0.3, 0.4) is 0 Å². The molecular formula is C44H83N3O14P2. The van der Waals surface area contributed by atoms with Crippen molar-refractivity contribution in [3.63, 3.8) is 0 Å². The van der Waals surface area contributed by atoms with Crippen LogP contribution in [0.2, 0.25) is 0 Å². The summed E-state index contributed by atoms with van der Waals surface area (Å²) < 4.78 is 57.4. The monoisotopic (exact) mass is 940 g/mol. The fraction of sp³-hybridized carbons (Fsp3) is 0.886. The summed E-state index contributed by atoms with van der Waals surface area (Å²) in [6.45, 7) is 3.13. The third-order valence-electron chi connectivity index (χ3n) is 11.2. The second-order valence-electron chi connectivity index (χ2n) is 17.0. The van der Waals surface area contributed by atoms with Crippen molar-refractivity contribution in [2.75, 3.05) is 32.2 Å². The number of carbonyl (C=O) groups excluding carboxylic acids is 1. The molecule has 0 amide bonds. The highest BCUT2D eigenvalue weighted by Gasteiger charge is 2.46. The average molecular weight is 940 g/mol. The summed E-state index contributed by atoms with van der Waals surface area (Å²) in [5.41, 5.74) is 4.61. The Morgan fingerprint density at radius 2 is 1.17 bits per heavy atom. The first-order valence-electron chi connectivity index (χ1n) is 24.1. The van der Waals surface area contributed by atoms with Gasteiger partial charge in [-0.1, -0.05) is 174 Å². The van der Waals surface area contributed by atoms with Gasteiger partial charge in [-0.3, -0.25) is 18.4 Å². The summed E-state index contributed by atoms with van der Waals surface area (Å²) in [7, 11) is -10.6. The number of ether oxygens (including phenoxy) is 3. The number of unbranched alkanes of at least 4 members (excludes halogenated alkanes) is 25. The van der Waals surface area contributed by atoms with E-state index in [1.54, 1.807) is 0 Å². The lowest BCUT2D eigenvalue weighted by Gasteiger charge is -2.21. The predicted molar refractivity (Wildman–Crippen MR) is 243 cm³/mol. The summed E-state index contributed by atoms with van der Waals surface area (Å²) in [6.07, 6.45) is 26.1. The van der Waals surface area contributed by atoms with Crippen molar-refractivity contribution in [3.05, 3.63) is 22.7 Å². The molecule has 2 rings (SSSR count). The van der Waals surface area contributed by atoms with Crippen molar-refractivity contribution in [1.82, 2.24) is 9.55 Å². The first kappa shape index (κ1) is 57.4. The van der Waals surface area contributed by atoms with Gasteiger partial charge in [0.25, 0.3) is 0 Å². The maximum atomic E-state index is 12.8. The van der Waals surface area contributed by atoms with Crippen LogP contribution in [0.5, 0.6) is 0 Å². The number of aliphatic hydroxyl groups excluding tert-OH is 2. The number of nitrogen functional groups attached to an aromatic ring is 1. The molecule has 17 nitrogen and oxygen atoms in total. The molecule has 1 fully saturated rings. The van der Waals surface area contributed by atoms with Gasteiger partial charge in [-0.05, 0) is 18.9 Å². The minimum absolute atomic E-state index is 0.0829. The van der Waals surface area contributed by atoms with Gasteiger partial charge < -0.3 is 39.9 Å². The summed E-state index contributed by atoms with van der Waals surface area (Å²) in [5, 5.41) is 20.9.